The Balaban J connectivity index is 1.63. The fraction of sp³-hybridized carbons (Fsp3) is 0.471. The minimum absolute atomic E-state index is 0.539. The van der Waals surface area contributed by atoms with Gasteiger partial charge >= 0.3 is 0 Å². The van der Waals surface area contributed by atoms with Gasteiger partial charge in [0.2, 0.25) is 0 Å². The van der Waals surface area contributed by atoms with Gasteiger partial charge in [-0.1, -0.05) is 12.1 Å². The van der Waals surface area contributed by atoms with Gasteiger partial charge in [0.25, 0.3) is 0 Å². The van der Waals surface area contributed by atoms with Crippen molar-refractivity contribution in [3.63, 3.8) is 0 Å². The summed E-state index contributed by atoms with van der Waals surface area (Å²) >= 11 is 0. The van der Waals surface area contributed by atoms with E-state index in [0.717, 1.165) is 22.8 Å². The van der Waals surface area contributed by atoms with Crippen molar-refractivity contribution in [3.8, 4) is 17.0 Å². The molecular formula is C17H21N3O. The molecule has 2 saturated heterocycles. The van der Waals surface area contributed by atoms with Gasteiger partial charge in [0.05, 0.1) is 18.5 Å². The Labute approximate surface area is 124 Å². The van der Waals surface area contributed by atoms with E-state index in [4.69, 9.17) is 4.74 Å². The fourth-order valence-electron chi connectivity index (χ4n) is 3.76. The maximum Gasteiger partial charge on any atom is 0.128 e. The van der Waals surface area contributed by atoms with Crippen LogP contribution in [0.25, 0.3) is 11.3 Å². The maximum absolute atomic E-state index is 5.72. The molecule has 4 nitrogen and oxygen atoms in total. The molecule has 0 aliphatic carbocycles. The minimum Gasteiger partial charge on any atom is -0.493 e. The molecule has 21 heavy (non-hydrogen) atoms. The van der Waals surface area contributed by atoms with Crippen LogP contribution in [0.4, 0.5) is 0 Å². The second-order valence-electron chi connectivity index (χ2n) is 6.00. The second-order valence-corrected chi connectivity index (χ2v) is 6.00. The maximum atomic E-state index is 5.72. The molecule has 0 amide bonds. The average Bonchev–Trinajstić information content (AvgIpc) is 3.24. The Morgan fingerprint density at radius 3 is 2.95 bits per heavy atom. The first-order valence-electron chi connectivity index (χ1n) is 7.88. The van der Waals surface area contributed by atoms with Gasteiger partial charge in [0.1, 0.15) is 11.6 Å². The molecule has 2 N–H and O–H groups in total. The SMILES string of the molecule is CCOc1ccccc1-c1cnc(C2CC3CCC2N3)[nH]1. The van der Waals surface area contributed by atoms with E-state index >= 15 is 0 Å². The molecule has 4 rings (SSSR count). The van der Waals surface area contributed by atoms with Crippen LogP contribution in [0, 0.1) is 0 Å². The lowest BCUT2D eigenvalue weighted by atomic mass is 9.89. The third kappa shape index (κ3) is 2.23. The predicted molar refractivity (Wildman–Crippen MR) is 82.5 cm³/mol. The number of ether oxygens (including phenoxy) is 1. The Bertz CT molecular complexity index is 636. The number of nitrogens with one attached hydrogen (secondary N) is 2. The van der Waals surface area contributed by atoms with Crippen LogP contribution in [0.1, 0.15) is 37.9 Å². The van der Waals surface area contributed by atoms with E-state index in [1.165, 1.54) is 19.3 Å². The van der Waals surface area contributed by atoms with E-state index in [9.17, 15) is 0 Å². The van der Waals surface area contributed by atoms with E-state index in [0.29, 0.717) is 24.6 Å². The molecule has 2 fully saturated rings. The van der Waals surface area contributed by atoms with Gasteiger partial charge in [-0.25, -0.2) is 4.98 Å². The number of H-pyrrole nitrogens is 1. The number of fused-ring (bicyclic) bond motifs is 2. The first-order chi connectivity index (χ1) is 10.3. The molecule has 110 valence electrons. The molecule has 3 atom stereocenters. The molecule has 4 heteroatoms. The molecule has 0 radical (unpaired) electrons. The van der Waals surface area contributed by atoms with Crippen LogP contribution in [0.2, 0.25) is 0 Å². The van der Waals surface area contributed by atoms with Crippen molar-refractivity contribution < 1.29 is 4.74 Å². The number of benzene rings is 1. The van der Waals surface area contributed by atoms with Gasteiger partial charge in [-0.15, -0.1) is 0 Å². The summed E-state index contributed by atoms with van der Waals surface area (Å²) in [5.74, 6) is 2.58. The van der Waals surface area contributed by atoms with Crippen molar-refractivity contribution in [2.24, 2.45) is 0 Å². The zero-order chi connectivity index (χ0) is 14.2. The Morgan fingerprint density at radius 1 is 1.29 bits per heavy atom. The van der Waals surface area contributed by atoms with Crippen LogP contribution in [-0.4, -0.2) is 28.7 Å². The lowest BCUT2D eigenvalue weighted by molar-refractivity contribution is 0.341. The van der Waals surface area contributed by atoms with Crippen LogP contribution in [-0.2, 0) is 0 Å². The van der Waals surface area contributed by atoms with E-state index in [1.54, 1.807) is 0 Å². The molecule has 2 aliphatic heterocycles. The number of rotatable bonds is 4. The van der Waals surface area contributed by atoms with Gasteiger partial charge in [-0.05, 0) is 38.3 Å². The summed E-state index contributed by atoms with van der Waals surface area (Å²) in [6.45, 7) is 2.68. The van der Waals surface area contributed by atoms with Crippen LogP contribution in [0.5, 0.6) is 5.75 Å². The molecule has 3 unspecified atom stereocenters. The molecule has 3 heterocycles. The smallest absolute Gasteiger partial charge is 0.128 e. The number of nitrogens with zero attached hydrogens (tertiary/aromatic N) is 1. The van der Waals surface area contributed by atoms with Crippen LogP contribution >= 0.6 is 0 Å². The molecular weight excluding hydrogens is 262 g/mol. The quantitative estimate of drug-likeness (QED) is 0.906. The van der Waals surface area contributed by atoms with Crippen molar-refractivity contribution in [1.82, 2.24) is 15.3 Å². The fourth-order valence-corrected chi connectivity index (χ4v) is 3.76. The summed E-state index contributed by atoms with van der Waals surface area (Å²) in [5.41, 5.74) is 2.14. The third-order valence-corrected chi connectivity index (χ3v) is 4.72. The zero-order valence-electron chi connectivity index (χ0n) is 12.3. The highest BCUT2D eigenvalue weighted by atomic mass is 16.5. The second kappa shape index (κ2) is 5.19. The Kier molecular flexibility index (Phi) is 3.19. The van der Waals surface area contributed by atoms with Gasteiger partial charge in [0.15, 0.2) is 0 Å². The summed E-state index contributed by atoms with van der Waals surface area (Å²) in [6.07, 6.45) is 5.76. The van der Waals surface area contributed by atoms with Crippen molar-refractivity contribution >= 4 is 0 Å². The highest BCUT2D eigenvalue weighted by molar-refractivity contribution is 5.66. The largest absolute Gasteiger partial charge is 0.493 e. The average molecular weight is 283 g/mol. The number of para-hydroxylation sites is 1. The number of hydrogen-bond donors (Lipinski definition) is 2. The first-order valence-corrected chi connectivity index (χ1v) is 7.88. The Hall–Kier alpha value is -1.81. The van der Waals surface area contributed by atoms with Crippen LogP contribution < -0.4 is 10.1 Å². The highest BCUT2D eigenvalue weighted by Gasteiger charge is 2.41. The van der Waals surface area contributed by atoms with Gasteiger partial charge < -0.3 is 15.0 Å². The lowest BCUT2D eigenvalue weighted by Crippen LogP contribution is -2.22. The minimum atomic E-state index is 0.539. The highest BCUT2D eigenvalue weighted by Crippen LogP contribution is 2.39. The molecule has 0 saturated carbocycles. The molecule has 1 aromatic heterocycles. The predicted octanol–water partition coefficient (Wildman–Crippen LogP) is 3.08. The Morgan fingerprint density at radius 2 is 2.19 bits per heavy atom. The summed E-state index contributed by atoms with van der Waals surface area (Å²) in [5, 5.41) is 3.67. The van der Waals surface area contributed by atoms with Crippen LogP contribution in [0.15, 0.2) is 30.5 Å². The summed E-state index contributed by atoms with van der Waals surface area (Å²) in [6, 6.07) is 9.45. The molecule has 2 bridgehead atoms. The lowest BCUT2D eigenvalue weighted by Gasteiger charge is -2.17. The molecule has 1 aromatic carbocycles. The van der Waals surface area contributed by atoms with E-state index in [1.807, 2.05) is 31.3 Å². The summed E-state index contributed by atoms with van der Waals surface area (Å²) in [4.78, 5) is 8.17. The monoisotopic (exact) mass is 283 g/mol. The normalized spacial score (nSPS) is 27.2. The topological polar surface area (TPSA) is 49.9 Å². The van der Waals surface area contributed by atoms with Gasteiger partial charge in [0, 0.05) is 23.6 Å². The van der Waals surface area contributed by atoms with Crippen LogP contribution in [0.3, 0.4) is 0 Å². The summed E-state index contributed by atoms with van der Waals surface area (Å²) in [7, 11) is 0. The summed E-state index contributed by atoms with van der Waals surface area (Å²) < 4.78 is 5.72. The van der Waals surface area contributed by atoms with Crippen molar-refractivity contribution in [2.45, 2.75) is 44.2 Å². The standard InChI is InChI=1S/C17H21N3O/c1-2-21-16-6-4-3-5-12(16)15-10-18-17(20-15)13-9-11-7-8-14(13)19-11/h3-6,10-11,13-14,19H,2,7-9H2,1H3,(H,18,20). The van der Waals surface area contributed by atoms with Gasteiger partial charge in [-0.3, -0.25) is 0 Å². The van der Waals surface area contributed by atoms with E-state index < -0.39 is 0 Å². The number of aromatic amines is 1. The van der Waals surface area contributed by atoms with Crippen molar-refractivity contribution in [3.05, 3.63) is 36.3 Å². The van der Waals surface area contributed by atoms with Crippen molar-refractivity contribution in [1.29, 1.82) is 0 Å². The number of hydrogen-bond acceptors (Lipinski definition) is 3. The van der Waals surface area contributed by atoms with Gasteiger partial charge in [-0.2, -0.15) is 0 Å². The van der Waals surface area contributed by atoms with Crippen molar-refractivity contribution in [2.75, 3.05) is 6.61 Å². The van der Waals surface area contributed by atoms with E-state index in [2.05, 4.69) is 21.4 Å². The molecule has 0 spiro atoms. The van der Waals surface area contributed by atoms with E-state index in [-0.39, 0.29) is 0 Å². The first kappa shape index (κ1) is 12.9. The number of imidazole rings is 1. The zero-order valence-corrected chi connectivity index (χ0v) is 12.3. The molecule has 2 aliphatic rings. The number of aromatic nitrogens is 2. The third-order valence-electron chi connectivity index (χ3n) is 4.72. The molecule has 2 aromatic rings.